The molecule has 0 saturated heterocycles. The number of carboxylic acid groups (broad SMARTS) is 1. The van der Waals surface area contributed by atoms with Gasteiger partial charge in [0.15, 0.2) is 0 Å². The van der Waals surface area contributed by atoms with E-state index in [0.717, 1.165) is 19.0 Å². The lowest BCUT2D eigenvalue weighted by molar-refractivity contribution is -0.384. The molecule has 0 unspecified atom stereocenters. The van der Waals surface area contributed by atoms with Crippen molar-refractivity contribution in [2.24, 2.45) is 0 Å². The van der Waals surface area contributed by atoms with E-state index in [1.807, 2.05) is 25.9 Å². The van der Waals surface area contributed by atoms with Gasteiger partial charge in [-0.3, -0.25) is 10.1 Å². The topological polar surface area (TPSA) is 86.9 Å². The molecule has 116 valence electrons. The minimum absolute atomic E-state index is 0.0743. The molecule has 0 saturated carbocycles. The Kier molecular flexibility index (Phi) is 6.10. The molecule has 0 spiro atoms. The molecule has 1 rings (SSSR count). The molecule has 0 amide bonds. The molecule has 0 aliphatic heterocycles. The first kappa shape index (κ1) is 16.9. The zero-order valence-electron chi connectivity index (χ0n) is 12.6. The number of hydrogen-bond acceptors (Lipinski definition) is 5. The van der Waals surface area contributed by atoms with Gasteiger partial charge < -0.3 is 14.9 Å². The molecule has 1 N–H and O–H groups in total. The summed E-state index contributed by atoms with van der Waals surface area (Å²) in [5.74, 6) is -1.17. The Labute approximate surface area is 123 Å². The number of hydrogen-bond donors (Lipinski definition) is 1. The Morgan fingerprint density at radius 1 is 1.33 bits per heavy atom. The van der Waals surface area contributed by atoms with Gasteiger partial charge in [-0.2, -0.15) is 0 Å². The summed E-state index contributed by atoms with van der Waals surface area (Å²) >= 11 is 0. The van der Waals surface area contributed by atoms with Crippen molar-refractivity contribution in [3.8, 4) is 0 Å². The summed E-state index contributed by atoms with van der Waals surface area (Å²) < 4.78 is 0. The molecule has 0 fully saturated rings. The maximum Gasteiger partial charge on any atom is 0.335 e. The Hall–Kier alpha value is -2.15. The molecule has 0 aliphatic rings. The van der Waals surface area contributed by atoms with E-state index in [4.69, 9.17) is 5.11 Å². The highest BCUT2D eigenvalue weighted by molar-refractivity contribution is 5.89. The van der Waals surface area contributed by atoms with Crippen molar-refractivity contribution in [1.29, 1.82) is 0 Å². The Morgan fingerprint density at radius 3 is 2.48 bits per heavy atom. The molecular formula is C14H21N3O4. The van der Waals surface area contributed by atoms with Gasteiger partial charge in [-0.25, -0.2) is 4.79 Å². The highest BCUT2D eigenvalue weighted by Crippen LogP contribution is 2.29. The van der Waals surface area contributed by atoms with Gasteiger partial charge in [-0.05, 0) is 46.1 Å². The Balaban J connectivity index is 3.02. The van der Waals surface area contributed by atoms with Crippen LogP contribution in [0.2, 0.25) is 0 Å². The number of aromatic carboxylic acids is 1. The van der Waals surface area contributed by atoms with Crippen LogP contribution in [0.3, 0.4) is 0 Å². The highest BCUT2D eigenvalue weighted by Gasteiger charge is 2.20. The van der Waals surface area contributed by atoms with Gasteiger partial charge in [-0.15, -0.1) is 0 Å². The molecule has 0 aromatic heterocycles. The molecule has 1 aromatic carbocycles. The standard InChI is InChI=1S/C14H21N3O4/c1-4-16(9-5-8-15(2)3)12-7-6-11(14(18)19)10-13(12)17(20)21/h6-7,10H,4-5,8-9H2,1-3H3,(H,18,19). The number of carbonyl (C=O) groups is 1. The minimum atomic E-state index is -1.17. The summed E-state index contributed by atoms with van der Waals surface area (Å²) in [4.78, 5) is 25.5. The molecule has 1 aromatic rings. The van der Waals surface area contributed by atoms with E-state index < -0.39 is 10.9 Å². The molecule has 0 aliphatic carbocycles. The van der Waals surface area contributed by atoms with Gasteiger partial charge >= 0.3 is 5.97 Å². The van der Waals surface area contributed by atoms with E-state index in [9.17, 15) is 14.9 Å². The second-order valence-corrected chi connectivity index (χ2v) is 5.00. The predicted octanol–water partition coefficient (Wildman–Crippen LogP) is 2.07. The van der Waals surface area contributed by atoms with Crippen molar-refractivity contribution in [2.45, 2.75) is 13.3 Å². The zero-order valence-corrected chi connectivity index (χ0v) is 12.6. The summed E-state index contributed by atoms with van der Waals surface area (Å²) in [6, 6.07) is 4.03. The molecule has 7 nitrogen and oxygen atoms in total. The summed E-state index contributed by atoms with van der Waals surface area (Å²) in [7, 11) is 3.95. The number of nitro groups is 1. The average Bonchev–Trinajstić information content (AvgIpc) is 2.42. The van der Waals surface area contributed by atoms with E-state index in [0.29, 0.717) is 18.8 Å². The van der Waals surface area contributed by atoms with E-state index in [1.165, 1.54) is 12.1 Å². The van der Waals surface area contributed by atoms with E-state index in [1.54, 1.807) is 0 Å². The van der Waals surface area contributed by atoms with Crippen molar-refractivity contribution in [3.05, 3.63) is 33.9 Å². The monoisotopic (exact) mass is 295 g/mol. The number of carboxylic acids is 1. The van der Waals surface area contributed by atoms with Crippen LogP contribution in [0.25, 0.3) is 0 Å². The summed E-state index contributed by atoms with van der Waals surface area (Å²) in [5.41, 5.74) is 0.225. The molecule has 0 bridgehead atoms. The lowest BCUT2D eigenvalue weighted by Crippen LogP contribution is -2.27. The van der Waals surface area contributed by atoms with Crippen LogP contribution in [0.4, 0.5) is 11.4 Å². The third kappa shape index (κ3) is 4.71. The number of anilines is 1. The molecule has 0 atom stereocenters. The summed E-state index contributed by atoms with van der Waals surface area (Å²) in [6.45, 7) is 4.12. The van der Waals surface area contributed by atoms with Gasteiger partial charge in [0, 0.05) is 19.2 Å². The summed E-state index contributed by atoms with van der Waals surface area (Å²) in [6.07, 6.45) is 0.874. The normalized spacial score (nSPS) is 10.7. The molecule has 0 radical (unpaired) electrons. The van der Waals surface area contributed by atoms with Gasteiger partial charge in [0.2, 0.25) is 0 Å². The number of rotatable bonds is 8. The van der Waals surface area contributed by atoms with Crippen LogP contribution < -0.4 is 4.90 Å². The van der Waals surface area contributed by atoms with Gasteiger partial charge in [0.1, 0.15) is 5.69 Å². The van der Waals surface area contributed by atoms with Crippen molar-refractivity contribution < 1.29 is 14.8 Å². The number of nitrogens with zero attached hydrogens (tertiary/aromatic N) is 3. The maximum absolute atomic E-state index is 11.2. The van der Waals surface area contributed by atoms with Crippen molar-refractivity contribution in [1.82, 2.24) is 4.90 Å². The number of nitro benzene ring substituents is 1. The van der Waals surface area contributed by atoms with Gasteiger partial charge in [0.25, 0.3) is 5.69 Å². The average molecular weight is 295 g/mol. The smallest absolute Gasteiger partial charge is 0.335 e. The van der Waals surface area contributed by atoms with Crippen LogP contribution in [0.15, 0.2) is 18.2 Å². The summed E-state index contributed by atoms with van der Waals surface area (Å²) in [5, 5.41) is 20.1. The lowest BCUT2D eigenvalue weighted by atomic mass is 10.1. The first-order valence-electron chi connectivity index (χ1n) is 6.78. The fraction of sp³-hybridized carbons (Fsp3) is 0.500. The van der Waals surface area contributed by atoms with Crippen molar-refractivity contribution in [2.75, 3.05) is 38.6 Å². The van der Waals surface area contributed by atoms with Crippen LogP contribution in [-0.2, 0) is 0 Å². The second-order valence-electron chi connectivity index (χ2n) is 5.00. The van der Waals surface area contributed by atoms with E-state index in [2.05, 4.69) is 4.90 Å². The molecule has 0 heterocycles. The fourth-order valence-corrected chi connectivity index (χ4v) is 2.10. The maximum atomic E-state index is 11.2. The van der Waals surface area contributed by atoms with Crippen LogP contribution in [0.5, 0.6) is 0 Å². The van der Waals surface area contributed by atoms with Crippen LogP contribution >= 0.6 is 0 Å². The van der Waals surface area contributed by atoms with Crippen molar-refractivity contribution in [3.63, 3.8) is 0 Å². The second kappa shape index (κ2) is 7.58. The molecule has 7 heteroatoms. The Morgan fingerprint density at radius 2 is 2.00 bits per heavy atom. The zero-order chi connectivity index (χ0) is 16.0. The molecule has 21 heavy (non-hydrogen) atoms. The lowest BCUT2D eigenvalue weighted by Gasteiger charge is -2.23. The minimum Gasteiger partial charge on any atom is -0.478 e. The van der Waals surface area contributed by atoms with Crippen LogP contribution in [0, 0.1) is 10.1 Å². The largest absolute Gasteiger partial charge is 0.478 e. The van der Waals surface area contributed by atoms with Crippen LogP contribution in [-0.4, -0.2) is 54.6 Å². The van der Waals surface area contributed by atoms with Crippen LogP contribution in [0.1, 0.15) is 23.7 Å². The van der Waals surface area contributed by atoms with E-state index >= 15 is 0 Å². The quantitative estimate of drug-likeness (QED) is 0.583. The fourth-order valence-electron chi connectivity index (χ4n) is 2.10. The SMILES string of the molecule is CCN(CCCN(C)C)c1ccc(C(=O)O)cc1[N+](=O)[O-]. The van der Waals surface area contributed by atoms with Crippen molar-refractivity contribution >= 4 is 17.3 Å². The van der Waals surface area contributed by atoms with Gasteiger partial charge in [-0.1, -0.05) is 0 Å². The van der Waals surface area contributed by atoms with Gasteiger partial charge in [0.05, 0.1) is 10.5 Å². The first-order chi connectivity index (χ1) is 9.86. The highest BCUT2D eigenvalue weighted by atomic mass is 16.6. The third-order valence-electron chi connectivity index (χ3n) is 3.17. The Bertz CT molecular complexity index is 517. The number of benzene rings is 1. The molecular weight excluding hydrogens is 274 g/mol. The first-order valence-corrected chi connectivity index (χ1v) is 6.78. The predicted molar refractivity (Wildman–Crippen MR) is 81.1 cm³/mol. The van der Waals surface area contributed by atoms with E-state index in [-0.39, 0.29) is 11.3 Å². The third-order valence-corrected chi connectivity index (χ3v) is 3.17.